The van der Waals surface area contributed by atoms with E-state index in [-0.39, 0.29) is 5.91 Å². The normalized spacial score (nSPS) is 16.2. The highest BCUT2D eigenvalue weighted by atomic mass is 16.7. The van der Waals surface area contributed by atoms with E-state index in [1.54, 1.807) is 0 Å². The molecule has 6 nitrogen and oxygen atoms in total. The average Bonchev–Trinajstić information content (AvgIpc) is 3.16. The maximum Gasteiger partial charge on any atom is 0.231 e. The van der Waals surface area contributed by atoms with E-state index in [9.17, 15) is 4.79 Å². The van der Waals surface area contributed by atoms with Crippen molar-refractivity contribution in [3.05, 3.63) is 53.6 Å². The van der Waals surface area contributed by atoms with Crippen LogP contribution in [-0.4, -0.2) is 55.2 Å². The van der Waals surface area contributed by atoms with Gasteiger partial charge in [-0.25, -0.2) is 0 Å². The third-order valence-electron chi connectivity index (χ3n) is 5.25. The van der Waals surface area contributed by atoms with E-state index in [0.717, 1.165) is 49.9 Å². The number of benzene rings is 2. The fraction of sp³-hybridized carbons (Fsp3) is 0.409. The predicted molar refractivity (Wildman–Crippen MR) is 109 cm³/mol. The summed E-state index contributed by atoms with van der Waals surface area (Å²) in [5.74, 6) is 1.87. The van der Waals surface area contributed by atoms with E-state index in [2.05, 4.69) is 41.4 Å². The molecular formula is C22H27N3O3. The van der Waals surface area contributed by atoms with Crippen LogP contribution < -0.4 is 14.8 Å². The number of aryl methyl sites for hydroxylation is 1. The van der Waals surface area contributed by atoms with Crippen LogP contribution in [0.3, 0.4) is 0 Å². The van der Waals surface area contributed by atoms with Crippen molar-refractivity contribution in [2.75, 3.05) is 44.8 Å². The number of ether oxygens (including phenoxy) is 2. The lowest BCUT2D eigenvalue weighted by Crippen LogP contribution is -2.48. The topological polar surface area (TPSA) is 54.0 Å². The summed E-state index contributed by atoms with van der Waals surface area (Å²) in [6.07, 6.45) is 0.524. The molecule has 148 valence electrons. The zero-order chi connectivity index (χ0) is 19.3. The van der Waals surface area contributed by atoms with Gasteiger partial charge in [0.2, 0.25) is 12.7 Å². The minimum Gasteiger partial charge on any atom is -0.454 e. The van der Waals surface area contributed by atoms with Crippen molar-refractivity contribution in [2.45, 2.75) is 19.9 Å². The molecule has 0 aliphatic carbocycles. The van der Waals surface area contributed by atoms with Crippen molar-refractivity contribution >= 4 is 11.6 Å². The summed E-state index contributed by atoms with van der Waals surface area (Å²) in [4.78, 5) is 16.8. The molecule has 2 aromatic rings. The Morgan fingerprint density at radius 3 is 2.68 bits per heavy atom. The number of piperazine rings is 1. The molecule has 0 radical (unpaired) electrons. The number of rotatable bonds is 6. The maximum atomic E-state index is 12.5. The van der Waals surface area contributed by atoms with Gasteiger partial charge in [0.05, 0.1) is 0 Å². The zero-order valence-electron chi connectivity index (χ0n) is 16.3. The first kappa shape index (κ1) is 18.6. The summed E-state index contributed by atoms with van der Waals surface area (Å²) in [6.45, 7) is 7.27. The number of nitrogens with one attached hydrogen (secondary N) is 1. The van der Waals surface area contributed by atoms with Gasteiger partial charge in [0.15, 0.2) is 11.5 Å². The van der Waals surface area contributed by atoms with Crippen LogP contribution in [0.2, 0.25) is 0 Å². The molecule has 2 heterocycles. The average molecular weight is 381 g/mol. The number of carbonyl (C=O) groups excluding carboxylic acids is 1. The fourth-order valence-electron chi connectivity index (χ4n) is 3.68. The Labute approximate surface area is 166 Å². The zero-order valence-corrected chi connectivity index (χ0v) is 16.3. The second-order valence-electron chi connectivity index (χ2n) is 7.39. The van der Waals surface area contributed by atoms with Crippen LogP contribution in [-0.2, 0) is 11.3 Å². The molecule has 4 rings (SSSR count). The standard InChI is InChI=1S/C22H27N3O3/c1-17-3-2-4-19(13-17)23-8-7-22(26)25-11-9-24(10-12-25)15-18-5-6-20-21(14-18)28-16-27-20/h2-6,13-14,23H,7-12,15-16H2,1H3. The summed E-state index contributed by atoms with van der Waals surface area (Å²) < 4.78 is 10.8. The molecule has 2 aliphatic rings. The molecular weight excluding hydrogens is 354 g/mol. The van der Waals surface area contributed by atoms with Crippen molar-refractivity contribution in [3.8, 4) is 11.5 Å². The van der Waals surface area contributed by atoms with Gasteiger partial charge in [0.25, 0.3) is 0 Å². The molecule has 0 atom stereocenters. The Morgan fingerprint density at radius 1 is 1.04 bits per heavy atom. The number of hydrogen-bond donors (Lipinski definition) is 1. The Bertz CT molecular complexity index is 832. The van der Waals surface area contributed by atoms with Crippen molar-refractivity contribution in [3.63, 3.8) is 0 Å². The summed E-state index contributed by atoms with van der Waals surface area (Å²) in [5, 5.41) is 3.34. The minimum atomic E-state index is 0.225. The first-order chi connectivity index (χ1) is 13.7. The van der Waals surface area contributed by atoms with Gasteiger partial charge in [-0.1, -0.05) is 18.2 Å². The molecule has 0 bridgehead atoms. The number of carbonyl (C=O) groups is 1. The number of amides is 1. The predicted octanol–water partition coefficient (Wildman–Crippen LogP) is 2.87. The lowest BCUT2D eigenvalue weighted by atomic mass is 10.1. The van der Waals surface area contributed by atoms with Crippen LogP contribution in [0.25, 0.3) is 0 Å². The molecule has 0 saturated carbocycles. The molecule has 0 unspecified atom stereocenters. The van der Waals surface area contributed by atoms with Crippen LogP contribution in [0.4, 0.5) is 5.69 Å². The fourth-order valence-corrected chi connectivity index (χ4v) is 3.68. The van der Waals surface area contributed by atoms with Gasteiger partial charge in [-0.15, -0.1) is 0 Å². The molecule has 1 fully saturated rings. The minimum absolute atomic E-state index is 0.225. The summed E-state index contributed by atoms with van der Waals surface area (Å²) in [6, 6.07) is 14.3. The van der Waals surface area contributed by atoms with E-state index < -0.39 is 0 Å². The molecule has 0 spiro atoms. The van der Waals surface area contributed by atoms with Crippen LogP contribution in [0.1, 0.15) is 17.5 Å². The van der Waals surface area contributed by atoms with Gasteiger partial charge in [0, 0.05) is 51.4 Å². The number of nitrogens with zero attached hydrogens (tertiary/aromatic N) is 2. The SMILES string of the molecule is Cc1cccc(NCCC(=O)N2CCN(Cc3ccc4c(c3)OCO4)CC2)c1. The lowest BCUT2D eigenvalue weighted by Gasteiger charge is -2.35. The first-order valence-electron chi connectivity index (χ1n) is 9.86. The van der Waals surface area contributed by atoms with Crippen molar-refractivity contribution in [2.24, 2.45) is 0 Å². The van der Waals surface area contributed by atoms with Crippen molar-refractivity contribution < 1.29 is 14.3 Å². The Hall–Kier alpha value is -2.73. The molecule has 1 N–H and O–H groups in total. The Morgan fingerprint density at radius 2 is 1.86 bits per heavy atom. The molecule has 2 aliphatic heterocycles. The van der Waals surface area contributed by atoms with Gasteiger partial charge in [-0.2, -0.15) is 0 Å². The van der Waals surface area contributed by atoms with E-state index >= 15 is 0 Å². The van der Waals surface area contributed by atoms with Gasteiger partial charge in [-0.3, -0.25) is 9.69 Å². The number of anilines is 1. The second-order valence-corrected chi connectivity index (χ2v) is 7.39. The van der Waals surface area contributed by atoms with E-state index in [1.807, 2.05) is 23.1 Å². The number of fused-ring (bicyclic) bond motifs is 1. The van der Waals surface area contributed by atoms with Crippen LogP contribution in [0.5, 0.6) is 11.5 Å². The van der Waals surface area contributed by atoms with Gasteiger partial charge in [-0.05, 0) is 42.3 Å². The number of hydrogen-bond acceptors (Lipinski definition) is 5. The molecule has 1 saturated heterocycles. The largest absolute Gasteiger partial charge is 0.454 e. The highest BCUT2D eigenvalue weighted by molar-refractivity contribution is 5.76. The lowest BCUT2D eigenvalue weighted by molar-refractivity contribution is -0.132. The Balaban J connectivity index is 1.20. The third-order valence-corrected chi connectivity index (χ3v) is 5.25. The van der Waals surface area contributed by atoms with Gasteiger partial charge >= 0.3 is 0 Å². The van der Waals surface area contributed by atoms with E-state index in [1.165, 1.54) is 11.1 Å². The quantitative estimate of drug-likeness (QED) is 0.834. The maximum absolute atomic E-state index is 12.5. The highest BCUT2D eigenvalue weighted by Gasteiger charge is 2.21. The highest BCUT2D eigenvalue weighted by Crippen LogP contribution is 2.32. The summed E-state index contributed by atoms with van der Waals surface area (Å²) in [7, 11) is 0. The Kier molecular flexibility index (Phi) is 5.67. The molecule has 6 heteroatoms. The molecule has 1 amide bonds. The summed E-state index contributed by atoms with van der Waals surface area (Å²) >= 11 is 0. The second kappa shape index (κ2) is 8.52. The van der Waals surface area contributed by atoms with E-state index in [0.29, 0.717) is 19.8 Å². The summed E-state index contributed by atoms with van der Waals surface area (Å²) in [5.41, 5.74) is 3.50. The van der Waals surface area contributed by atoms with Crippen molar-refractivity contribution in [1.82, 2.24) is 9.80 Å². The van der Waals surface area contributed by atoms with Gasteiger partial charge in [0.1, 0.15) is 0 Å². The molecule has 2 aromatic carbocycles. The third kappa shape index (κ3) is 4.57. The van der Waals surface area contributed by atoms with Crippen LogP contribution >= 0.6 is 0 Å². The van der Waals surface area contributed by atoms with E-state index in [4.69, 9.17) is 9.47 Å². The van der Waals surface area contributed by atoms with Gasteiger partial charge < -0.3 is 19.7 Å². The monoisotopic (exact) mass is 381 g/mol. The van der Waals surface area contributed by atoms with Crippen LogP contribution in [0, 0.1) is 6.92 Å². The van der Waals surface area contributed by atoms with Crippen LogP contribution in [0.15, 0.2) is 42.5 Å². The molecule has 0 aromatic heterocycles. The van der Waals surface area contributed by atoms with Crippen molar-refractivity contribution in [1.29, 1.82) is 0 Å². The first-order valence-corrected chi connectivity index (χ1v) is 9.86. The smallest absolute Gasteiger partial charge is 0.231 e. The molecule has 28 heavy (non-hydrogen) atoms.